The number of nitrogens with zero attached hydrogens (tertiary/aromatic N) is 2. The summed E-state index contributed by atoms with van der Waals surface area (Å²) < 4.78 is 46.9. The van der Waals surface area contributed by atoms with Crippen LogP contribution in [0.25, 0.3) is 10.9 Å². The van der Waals surface area contributed by atoms with Crippen LogP contribution in [0.5, 0.6) is 11.5 Å². The Morgan fingerprint density at radius 1 is 1.13 bits per heavy atom. The summed E-state index contributed by atoms with van der Waals surface area (Å²) in [6, 6.07) is 10.5. The second-order valence-electron chi connectivity index (χ2n) is 7.35. The van der Waals surface area contributed by atoms with E-state index in [-0.39, 0.29) is 22.3 Å². The minimum absolute atomic E-state index is 0.0254. The summed E-state index contributed by atoms with van der Waals surface area (Å²) in [5.74, 6) is -0.884. The van der Waals surface area contributed by atoms with Crippen molar-refractivity contribution in [2.24, 2.45) is 5.73 Å². The van der Waals surface area contributed by atoms with E-state index in [0.29, 0.717) is 12.3 Å². The molecule has 31 heavy (non-hydrogen) atoms. The van der Waals surface area contributed by atoms with E-state index in [9.17, 15) is 18.0 Å². The maximum absolute atomic E-state index is 13.7. The van der Waals surface area contributed by atoms with E-state index in [1.54, 1.807) is 18.2 Å². The number of amides is 1. The van der Waals surface area contributed by atoms with Gasteiger partial charge in [-0.2, -0.15) is 13.2 Å². The number of aromatic nitrogens is 1. The molecule has 0 aliphatic rings. The molecular formula is C21H22F3N5O2. The number of benzene rings is 2. The minimum Gasteiger partial charge on any atom is -0.457 e. The second-order valence-corrected chi connectivity index (χ2v) is 7.35. The van der Waals surface area contributed by atoms with E-state index in [2.05, 4.69) is 4.98 Å². The van der Waals surface area contributed by atoms with Crippen LogP contribution in [-0.4, -0.2) is 47.8 Å². The number of rotatable bonds is 5. The van der Waals surface area contributed by atoms with Crippen LogP contribution in [0.1, 0.15) is 21.6 Å². The van der Waals surface area contributed by atoms with E-state index in [4.69, 9.17) is 15.9 Å². The molecule has 0 fully saturated rings. The van der Waals surface area contributed by atoms with Gasteiger partial charge in [-0.3, -0.25) is 15.1 Å². The molecule has 0 saturated heterocycles. The number of fused-ring (bicyclic) bond motifs is 1. The zero-order valence-electron chi connectivity index (χ0n) is 17.2. The van der Waals surface area contributed by atoms with Crippen molar-refractivity contribution in [3.8, 4) is 11.5 Å². The Balaban J connectivity index is 2.04. The highest BCUT2D eigenvalue weighted by molar-refractivity contribution is 6.06. The fraction of sp³-hybridized carbons (Fsp3) is 0.238. The van der Waals surface area contributed by atoms with Crippen LogP contribution >= 0.6 is 0 Å². The van der Waals surface area contributed by atoms with Gasteiger partial charge in [0.15, 0.2) is 5.96 Å². The number of alkyl halides is 3. The lowest BCUT2D eigenvalue weighted by Gasteiger charge is -2.13. The number of halogens is 3. The van der Waals surface area contributed by atoms with Crippen LogP contribution < -0.4 is 10.5 Å². The number of nitrogens with two attached hydrogens (primary N) is 1. The molecule has 0 aliphatic heterocycles. The zero-order chi connectivity index (χ0) is 22.9. The number of hydrogen-bond acceptors (Lipinski definition) is 4. The van der Waals surface area contributed by atoms with Gasteiger partial charge in [0.25, 0.3) is 5.91 Å². The third kappa shape index (κ3) is 4.97. The van der Waals surface area contributed by atoms with Crippen LogP contribution in [0.15, 0.2) is 42.5 Å². The van der Waals surface area contributed by atoms with Gasteiger partial charge in [-0.05, 0) is 43.9 Å². The minimum atomic E-state index is -4.67. The van der Waals surface area contributed by atoms with E-state index < -0.39 is 23.6 Å². The van der Waals surface area contributed by atoms with Gasteiger partial charge in [0, 0.05) is 25.0 Å². The van der Waals surface area contributed by atoms with Crippen LogP contribution in [0.4, 0.5) is 13.2 Å². The Bertz CT molecular complexity index is 1140. The maximum Gasteiger partial charge on any atom is 0.417 e. The molecule has 164 valence electrons. The van der Waals surface area contributed by atoms with Crippen molar-refractivity contribution in [1.82, 2.24) is 14.8 Å². The maximum atomic E-state index is 13.7. The second kappa shape index (κ2) is 8.31. The summed E-state index contributed by atoms with van der Waals surface area (Å²) in [4.78, 5) is 17.8. The fourth-order valence-electron chi connectivity index (χ4n) is 3.12. The van der Waals surface area contributed by atoms with E-state index in [1.807, 2.05) is 25.1 Å². The number of carbonyl (C=O) groups is 1. The van der Waals surface area contributed by atoms with Crippen LogP contribution in [0.2, 0.25) is 0 Å². The molecule has 1 aromatic heterocycles. The lowest BCUT2D eigenvalue weighted by atomic mass is 10.1. The normalized spacial score (nSPS) is 11.7. The molecule has 0 aliphatic carbocycles. The lowest BCUT2D eigenvalue weighted by molar-refractivity contribution is -0.136. The number of guanidine groups is 1. The summed E-state index contributed by atoms with van der Waals surface area (Å²) in [6.07, 6.45) is -4.67. The highest BCUT2D eigenvalue weighted by Gasteiger charge is 2.34. The van der Waals surface area contributed by atoms with Crippen molar-refractivity contribution in [3.63, 3.8) is 0 Å². The van der Waals surface area contributed by atoms with Crippen molar-refractivity contribution in [2.45, 2.75) is 12.7 Å². The number of aromatic amines is 1. The summed E-state index contributed by atoms with van der Waals surface area (Å²) in [7, 11) is 5.07. The Morgan fingerprint density at radius 3 is 2.45 bits per heavy atom. The van der Waals surface area contributed by atoms with Gasteiger partial charge in [-0.1, -0.05) is 12.1 Å². The predicted molar refractivity (Wildman–Crippen MR) is 111 cm³/mol. The van der Waals surface area contributed by atoms with Gasteiger partial charge in [0.05, 0.1) is 11.1 Å². The number of hydrogen-bond donors (Lipinski definition) is 3. The molecule has 10 heteroatoms. The number of carbonyl (C=O) groups excluding carboxylic acids is 1. The lowest BCUT2D eigenvalue weighted by Crippen LogP contribution is -2.38. The number of ether oxygens (including phenoxy) is 1. The standard InChI is InChI=1S/C21H22F3N5O2/c1-28(2)11-12-5-4-6-13(7-12)31-14-8-16(21(22,23)24)15-10-18(27-17(15)9-14)19(30)29(3)20(25)26/h4-10,27H,11H2,1-3H3,(H3,25,26). The molecule has 0 saturated carbocycles. The number of H-pyrrole nitrogens is 1. The third-order valence-corrected chi connectivity index (χ3v) is 4.55. The molecule has 2 aromatic carbocycles. The van der Waals surface area contributed by atoms with Gasteiger partial charge >= 0.3 is 6.18 Å². The van der Waals surface area contributed by atoms with Gasteiger partial charge in [-0.15, -0.1) is 0 Å². The van der Waals surface area contributed by atoms with Crippen molar-refractivity contribution in [3.05, 3.63) is 59.3 Å². The summed E-state index contributed by atoms with van der Waals surface area (Å²) in [5.41, 5.74) is 5.25. The zero-order valence-corrected chi connectivity index (χ0v) is 17.2. The summed E-state index contributed by atoms with van der Waals surface area (Å²) in [6.45, 7) is 0.649. The van der Waals surface area contributed by atoms with Gasteiger partial charge in [0.2, 0.25) is 0 Å². The topological polar surface area (TPSA) is 98.4 Å². The molecule has 1 heterocycles. The fourth-order valence-corrected chi connectivity index (χ4v) is 3.12. The van der Waals surface area contributed by atoms with Crippen molar-refractivity contribution < 1.29 is 22.7 Å². The largest absolute Gasteiger partial charge is 0.457 e. The quantitative estimate of drug-likeness (QED) is 0.418. The van der Waals surface area contributed by atoms with Crippen LogP contribution in [0.3, 0.4) is 0 Å². The molecule has 0 bridgehead atoms. The Morgan fingerprint density at radius 2 is 1.84 bits per heavy atom. The average molecular weight is 433 g/mol. The first-order chi connectivity index (χ1) is 14.5. The molecular weight excluding hydrogens is 411 g/mol. The first-order valence-corrected chi connectivity index (χ1v) is 9.23. The van der Waals surface area contributed by atoms with Gasteiger partial charge < -0.3 is 20.4 Å². The Labute approximate surface area is 176 Å². The summed E-state index contributed by atoms with van der Waals surface area (Å²) in [5, 5.41) is 7.16. The van der Waals surface area contributed by atoms with Gasteiger partial charge in [0.1, 0.15) is 17.2 Å². The molecule has 0 spiro atoms. The molecule has 3 aromatic rings. The van der Waals surface area contributed by atoms with E-state index in [0.717, 1.165) is 22.6 Å². The highest BCUT2D eigenvalue weighted by atomic mass is 19.4. The van der Waals surface area contributed by atoms with Crippen LogP contribution in [-0.2, 0) is 12.7 Å². The smallest absolute Gasteiger partial charge is 0.417 e. The molecule has 3 rings (SSSR count). The molecule has 0 atom stereocenters. The Hall–Kier alpha value is -3.53. The molecule has 0 radical (unpaired) electrons. The van der Waals surface area contributed by atoms with Crippen molar-refractivity contribution >= 4 is 22.8 Å². The summed E-state index contributed by atoms with van der Waals surface area (Å²) >= 11 is 0. The van der Waals surface area contributed by atoms with Crippen molar-refractivity contribution in [2.75, 3.05) is 21.1 Å². The predicted octanol–water partition coefficient (Wildman–Crippen LogP) is 4.01. The SMILES string of the molecule is CN(C)Cc1cccc(Oc2cc(C(F)(F)F)c3cc(C(=O)N(C)C(=N)N)[nH]c3c2)c1. The Kier molecular flexibility index (Phi) is 5.94. The molecule has 0 unspecified atom stereocenters. The van der Waals surface area contributed by atoms with Gasteiger partial charge in [-0.25, -0.2) is 0 Å². The number of nitrogens with one attached hydrogen (secondary N) is 2. The van der Waals surface area contributed by atoms with E-state index >= 15 is 0 Å². The first kappa shape index (κ1) is 22.2. The third-order valence-electron chi connectivity index (χ3n) is 4.55. The highest BCUT2D eigenvalue weighted by Crippen LogP contribution is 2.39. The monoisotopic (exact) mass is 433 g/mol. The molecule has 1 amide bonds. The molecule has 7 nitrogen and oxygen atoms in total. The van der Waals surface area contributed by atoms with E-state index in [1.165, 1.54) is 13.1 Å². The first-order valence-electron chi connectivity index (χ1n) is 9.23. The molecule has 4 N–H and O–H groups in total. The van der Waals surface area contributed by atoms with Crippen molar-refractivity contribution in [1.29, 1.82) is 5.41 Å². The van der Waals surface area contributed by atoms with Crippen LogP contribution in [0, 0.1) is 5.41 Å². The average Bonchev–Trinajstić information content (AvgIpc) is 3.09.